The molecule has 1 aliphatic heterocycles. The number of β-amino-alcohol motifs (C(OH)–C–C–N with tert-alkyl or cyclic N) is 2. The monoisotopic (exact) mass is 376 g/mol. The molecule has 1 heterocycles. The lowest BCUT2D eigenvalue weighted by Gasteiger charge is -2.23. The van der Waals surface area contributed by atoms with Crippen molar-refractivity contribution in [2.24, 2.45) is 0 Å². The van der Waals surface area contributed by atoms with Gasteiger partial charge in [-0.3, -0.25) is 4.90 Å². The van der Waals surface area contributed by atoms with Gasteiger partial charge in [0.1, 0.15) is 0 Å². The highest BCUT2D eigenvalue weighted by Crippen LogP contribution is 2.28. The second kappa shape index (κ2) is 7.90. The summed E-state index contributed by atoms with van der Waals surface area (Å²) in [6.45, 7) is 4.83. The van der Waals surface area contributed by atoms with Gasteiger partial charge >= 0.3 is 0 Å². The van der Waals surface area contributed by atoms with Gasteiger partial charge in [0.15, 0.2) is 0 Å². The molecular formula is C15H22BrClN2O2. The maximum atomic E-state index is 9.59. The average Bonchev–Trinajstić information content (AvgIpc) is 2.74. The van der Waals surface area contributed by atoms with Crippen molar-refractivity contribution < 1.29 is 10.2 Å². The molecule has 0 amide bonds. The third kappa shape index (κ3) is 4.65. The first kappa shape index (κ1) is 17.2. The molecule has 3 unspecified atom stereocenters. The summed E-state index contributed by atoms with van der Waals surface area (Å²) >= 11 is 9.76. The molecule has 1 saturated heterocycles. The van der Waals surface area contributed by atoms with Crippen LogP contribution in [0.25, 0.3) is 0 Å². The van der Waals surface area contributed by atoms with Crippen molar-refractivity contribution in [2.45, 2.75) is 31.6 Å². The first-order valence-electron chi connectivity index (χ1n) is 7.28. The van der Waals surface area contributed by atoms with Crippen LogP contribution in [-0.4, -0.2) is 53.5 Å². The molecule has 0 aromatic heterocycles. The number of hydrogen-bond donors (Lipinski definition) is 3. The van der Waals surface area contributed by atoms with E-state index in [9.17, 15) is 10.2 Å². The Hall–Kier alpha value is -0.170. The number of nitrogens with one attached hydrogen (secondary N) is 1. The highest BCUT2D eigenvalue weighted by Gasteiger charge is 2.29. The van der Waals surface area contributed by atoms with Crippen LogP contribution in [0.5, 0.6) is 0 Å². The number of likely N-dealkylation sites (tertiary alicyclic amines) is 1. The molecule has 0 spiro atoms. The largest absolute Gasteiger partial charge is 0.389 e. The average molecular weight is 378 g/mol. The highest BCUT2D eigenvalue weighted by atomic mass is 79.9. The lowest BCUT2D eigenvalue weighted by Crippen LogP contribution is -2.29. The second-order valence-electron chi connectivity index (χ2n) is 5.46. The Morgan fingerprint density at radius 1 is 1.38 bits per heavy atom. The van der Waals surface area contributed by atoms with E-state index in [0.717, 1.165) is 34.6 Å². The van der Waals surface area contributed by atoms with Crippen molar-refractivity contribution in [2.75, 3.05) is 26.2 Å². The Morgan fingerprint density at radius 3 is 2.62 bits per heavy atom. The number of hydrogen-bond acceptors (Lipinski definition) is 4. The van der Waals surface area contributed by atoms with E-state index >= 15 is 0 Å². The van der Waals surface area contributed by atoms with Crippen molar-refractivity contribution >= 4 is 27.5 Å². The minimum atomic E-state index is -0.626. The number of nitrogens with zero attached hydrogens (tertiary/aromatic N) is 1. The predicted octanol–water partition coefficient (Wildman–Crippen LogP) is 2.18. The van der Waals surface area contributed by atoms with E-state index in [2.05, 4.69) is 33.1 Å². The van der Waals surface area contributed by atoms with Gasteiger partial charge in [-0.1, -0.05) is 40.5 Å². The van der Waals surface area contributed by atoms with Gasteiger partial charge < -0.3 is 15.5 Å². The zero-order chi connectivity index (χ0) is 15.4. The fourth-order valence-corrected chi connectivity index (χ4v) is 3.54. The number of benzene rings is 1. The summed E-state index contributed by atoms with van der Waals surface area (Å²) in [7, 11) is 0. The van der Waals surface area contributed by atoms with Gasteiger partial charge in [0, 0.05) is 35.2 Å². The van der Waals surface area contributed by atoms with Crippen LogP contribution in [0, 0.1) is 0 Å². The van der Waals surface area contributed by atoms with Crippen molar-refractivity contribution in [1.82, 2.24) is 10.2 Å². The number of aliphatic hydroxyl groups excluding tert-OH is 2. The normalized spacial score (nSPS) is 24.4. The van der Waals surface area contributed by atoms with E-state index in [4.69, 9.17) is 11.6 Å². The van der Waals surface area contributed by atoms with Crippen LogP contribution < -0.4 is 5.32 Å². The number of aliphatic hydroxyl groups is 2. The zero-order valence-electron chi connectivity index (χ0n) is 12.1. The topological polar surface area (TPSA) is 55.7 Å². The Labute approximate surface area is 139 Å². The van der Waals surface area contributed by atoms with Gasteiger partial charge in [0.05, 0.1) is 12.2 Å². The number of halogens is 2. The molecule has 1 aromatic rings. The quantitative estimate of drug-likeness (QED) is 0.711. The lowest BCUT2D eigenvalue weighted by molar-refractivity contribution is 0.0572. The maximum absolute atomic E-state index is 9.59. The molecule has 0 radical (unpaired) electrons. The van der Waals surface area contributed by atoms with E-state index in [0.29, 0.717) is 13.1 Å². The molecule has 3 N–H and O–H groups in total. The Kier molecular flexibility index (Phi) is 6.47. The molecule has 2 rings (SSSR count). The van der Waals surface area contributed by atoms with Crippen LogP contribution in [0.2, 0.25) is 5.02 Å². The van der Waals surface area contributed by atoms with E-state index in [1.54, 1.807) is 0 Å². The van der Waals surface area contributed by atoms with Crippen molar-refractivity contribution in [3.05, 3.63) is 33.3 Å². The van der Waals surface area contributed by atoms with Crippen LogP contribution in [0.3, 0.4) is 0 Å². The summed E-state index contributed by atoms with van der Waals surface area (Å²) in [5.74, 6) is 0. The van der Waals surface area contributed by atoms with Crippen molar-refractivity contribution in [1.29, 1.82) is 0 Å². The van der Waals surface area contributed by atoms with Gasteiger partial charge in [-0.05, 0) is 30.7 Å². The molecule has 0 bridgehead atoms. The summed E-state index contributed by atoms with van der Waals surface area (Å²) in [6, 6.07) is 6.11. The van der Waals surface area contributed by atoms with Gasteiger partial charge in [0.2, 0.25) is 0 Å². The van der Waals surface area contributed by atoms with Crippen molar-refractivity contribution in [3.8, 4) is 0 Å². The predicted molar refractivity (Wildman–Crippen MR) is 88.6 cm³/mol. The minimum absolute atomic E-state index is 0.172. The summed E-state index contributed by atoms with van der Waals surface area (Å²) in [5.41, 5.74) is 1.09. The maximum Gasteiger partial charge on any atom is 0.0938 e. The fraction of sp³-hybridized carbons (Fsp3) is 0.600. The molecule has 6 heteroatoms. The summed E-state index contributed by atoms with van der Waals surface area (Å²) in [4.78, 5) is 2.09. The SMILES string of the molecule is CCNC(CCN1CC(O)C(O)C1)c1ccc(Br)cc1Cl. The first-order chi connectivity index (χ1) is 10.0. The molecule has 118 valence electrons. The minimum Gasteiger partial charge on any atom is -0.389 e. The van der Waals surface area contributed by atoms with Crippen LogP contribution in [0.4, 0.5) is 0 Å². The third-order valence-electron chi connectivity index (χ3n) is 3.86. The fourth-order valence-electron chi connectivity index (χ4n) is 2.74. The van der Waals surface area contributed by atoms with Gasteiger partial charge in [-0.15, -0.1) is 0 Å². The van der Waals surface area contributed by atoms with E-state index in [1.807, 2.05) is 18.2 Å². The summed E-state index contributed by atoms with van der Waals surface area (Å²) in [5, 5.41) is 23.4. The summed E-state index contributed by atoms with van der Waals surface area (Å²) < 4.78 is 0.970. The Bertz CT molecular complexity index is 465. The molecule has 4 nitrogen and oxygen atoms in total. The van der Waals surface area contributed by atoms with Gasteiger partial charge in [-0.25, -0.2) is 0 Å². The standard InChI is InChI=1S/C15H22BrClN2O2/c1-2-18-13(11-4-3-10(16)7-12(11)17)5-6-19-8-14(20)15(21)9-19/h3-4,7,13-15,18,20-21H,2,5-6,8-9H2,1H3. The lowest BCUT2D eigenvalue weighted by atomic mass is 10.0. The summed E-state index contributed by atoms with van der Waals surface area (Å²) in [6.07, 6.45) is -0.369. The molecule has 1 aromatic carbocycles. The molecule has 0 saturated carbocycles. The zero-order valence-corrected chi connectivity index (χ0v) is 14.4. The van der Waals surface area contributed by atoms with Crippen LogP contribution >= 0.6 is 27.5 Å². The third-order valence-corrected chi connectivity index (χ3v) is 4.68. The van der Waals surface area contributed by atoms with E-state index in [1.165, 1.54) is 0 Å². The molecule has 0 aliphatic carbocycles. The van der Waals surface area contributed by atoms with E-state index in [-0.39, 0.29) is 6.04 Å². The van der Waals surface area contributed by atoms with Crippen molar-refractivity contribution in [3.63, 3.8) is 0 Å². The smallest absolute Gasteiger partial charge is 0.0938 e. The Morgan fingerprint density at radius 2 is 2.05 bits per heavy atom. The molecule has 21 heavy (non-hydrogen) atoms. The highest BCUT2D eigenvalue weighted by molar-refractivity contribution is 9.10. The van der Waals surface area contributed by atoms with Gasteiger partial charge in [-0.2, -0.15) is 0 Å². The number of rotatable bonds is 6. The van der Waals surface area contributed by atoms with Crippen LogP contribution in [-0.2, 0) is 0 Å². The van der Waals surface area contributed by atoms with Crippen LogP contribution in [0.15, 0.2) is 22.7 Å². The molecule has 1 fully saturated rings. The van der Waals surface area contributed by atoms with Crippen LogP contribution in [0.1, 0.15) is 24.9 Å². The van der Waals surface area contributed by atoms with Gasteiger partial charge in [0.25, 0.3) is 0 Å². The molecule has 3 atom stereocenters. The molecular weight excluding hydrogens is 356 g/mol. The van der Waals surface area contributed by atoms with E-state index < -0.39 is 12.2 Å². The Balaban J connectivity index is 1.99. The first-order valence-corrected chi connectivity index (χ1v) is 8.45. The molecule has 1 aliphatic rings. The second-order valence-corrected chi connectivity index (χ2v) is 6.78.